The highest BCUT2D eigenvalue weighted by molar-refractivity contribution is 5.43. The summed E-state index contributed by atoms with van der Waals surface area (Å²) < 4.78 is 0. The predicted molar refractivity (Wildman–Crippen MR) is 76.6 cm³/mol. The normalized spacial score (nSPS) is 15.4. The van der Waals surface area contributed by atoms with Gasteiger partial charge in [0.2, 0.25) is 0 Å². The highest BCUT2D eigenvalue weighted by Gasteiger charge is 2.18. The average Bonchev–Trinajstić information content (AvgIpc) is 2.56. The molecule has 0 bridgehead atoms. The summed E-state index contributed by atoms with van der Waals surface area (Å²) in [6.45, 7) is 3.55. The number of rotatable bonds is 3. The zero-order valence-electron chi connectivity index (χ0n) is 11.2. The summed E-state index contributed by atoms with van der Waals surface area (Å²) in [5.74, 6) is 1.89. The summed E-state index contributed by atoms with van der Waals surface area (Å²) in [5, 5.41) is 8.97. The summed E-state index contributed by atoms with van der Waals surface area (Å²) in [5.41, 5.74) is 0.598. The largest absolute Gasteiger partial charge is 0.390 e. The number of hydrogen-bond donors (Lipinski definition) is 1. The number of anilines is 2. The molecule has 3 rings (SSSR count). The van der Waals surface area contributed by atoms with Crippen LogP contribution in [0.4, 0.5) is 11.6 Å². The van der Waals surface area contributed by atoms with Crippen LogP contribution in [0.1, 0.15) is 5.69 Å². The van der Waals surface area contributed by atoms with Gasteiger partial charge in [0.05, 0.1) is 24.7 Å². The van der Waals surface area contributed by atoms with Crippen LogP contribution in [0, 0.1) is 0 Å². The highest BCUT2D eigenvalue weighted by atomic mass is 16.3. The van der Waals surface area contributed by atoms with E-state index in [9.17, 15) is 0 Å². The van der Waals surface area contributed by atoms with Gasteiger partial charge in [0, 0.05) is 32.4 Å². The topological polar surface area (TPSA) is 65.4 Å². The molecule has 0 spiro atoms. The Hall–Kier alpha value is -2.21. The van der Waals surface area contributed by atoms with Crippen LogP contribution >= 0.6 is 0 Å². The Morgan fingerprint density at radius 2 is 1.65 bits per heavy atom. The summed E-state index contributed by atoms with van der Waals surface area (Å²) in [7, 11) is 0. The molecule has 6 nitrogen and oxygen atoms in total. The second-order valence-electron chi connectivity index (χ2n) is 4.69. The van der Waals surface area contributed by atoms with Crippen molar-refractivity contribution in [3.8, 4) is 0 Å². The Morgan fingerprint density at radius 1 is 0.900 bits per heavy atom. The van der Waals surface area contributed by atoms with Gasteiger partial charge in [0.25, 0.3) is 0 Å². The summed E-state index contributed by atoms with van der Waals surface area (Å²) in [4.78, 5) is 17.4. The number of pyridine rings is 1. The maximum absolute atomic E-state index is 8.97. The molecule has 6 heteroatoms. The number of hydrogen-bond acceptors (Lipinski definition) is 6. The molecule has 0 unspecified atom stereocenters. The molecule has 0 aliphatic carbocycles. The van der Waals surface area contributed by atoms with Crippen molar-refractivity contribution in [1.29, 1.82) is 0 Å². The molecule has 104 valence electrons. The molecule has 1 N–H and O–H groups in total. The Balaban J connectivity index is 1.63. The van der Waals surface area contributed by atoms with Crippen LogP contribution in [0.15, 0.2) is 36.8 Å². The Morgan fingerprint density at radius 3 is 2.20 bits per heavy atom. The van der Waals surface area contributed by atoms with Gasteiger partial charge >= 0.3 is 0 Å². The third kappa shape index (κ3) is 2.70. The molecule has 0 atom stereocenters. The van der Waals surface area contributed by atoms with E-state index in [0.717, 1.165) is 37.8 Å². The van der Waals surface area contributed by atoms with E-state index in [1.54, 1.807) is 12.4 Å². The van der Waals surface area contributed by atoms with Crippen molar-refractivity contribution in [2.75, 3.05) is 36.0 Å². The quantitative estimate of drug-likeness (QED) is 0.886. The molecule has 0 radical (unpaired) electrons. The van der Waals surface area contributed by atoms with Crippen LogP contribution < -0.4 is 9.80 Å². The van der Waals surface area contributed by atoms with E-state index in [2.05, 4.69) is 24.8 Å². The smallest absolute Gasteiger partial charge is 0.147 e. The maximum atomic E-state index is 8.97. The lowest BCUT2D eigenvalue weighted by Crippen LogP contribution is -2.47. The summed E-state index contributed by atoms with van der Waals surface area (Å²) >= 11 is 0. The molecule has 2 aromatic rings. The number of nitrogens with zero attached hydrogens (tertiary/aromatic N) is 5. The molecular weight excluding hydrogens is 254 g/mol. The van der Waals surface area contributed by atoms with Gasteiger partial charge in [-0.15, -0.1) is 0 Å². The number of piperazine rings is 1. The first-order chi connectivity index (χ1) is 9.86. The van der Waals surface area contributed by atoms with E-state index in [1.165, 1.54) is 0 Å². The minimum atomic E-state index is -0.0687. The molecule has 2 aromatic heterocycles. The lowest BCUT2D eigenvalue weighted by Gasteiger charge is -2.35. The van der Waals surface area contributed by atoms with E-state index >= 15 is 0 Å². The van der Waals surface area contributed by atoms with E-state index in [-0.39, 0.29) is 6.61 Å². The molecule has 20 heavy (non-hydrogen) atoms. The van der Waals surface area contributed by atoms with Crippen molar-refractivity contribution < 1.29 is 5.11 Å². The first-order valence-electron chi connectivity index (χ1n) is 6.69. The fourth-order valence-corrected chi connectivity index (χ4v) is 2.30. The minimum absolute atomic E-state index is 0.0687. The molecule has 0 aromatic carbocycles. The Kier molecular flexibility index (Phi) is 3.73. The molecule has 1 fully saturated rings. The fraction of sp³-hybridized carbons (Fsp3) is 0.357. The van der Waals surface area contributed by atoms with Crippen molar-refractivity contribution in [3.05, 3.63) is 42.5 Å². The molecular formula is C14H17N5O. The van der Waals surface area contributed by atoms with E-state index in [0.29, 0.717) is 5.69 Å². The van der Waals surface area contributed by atoms with Gasteiger partial charge in [-0.05, 0) is 12.1 Å². The van der Waals surface area contributed by atoms with Gasteiger partial charge < -0.3 is 14.9 Å². The lowest BCUT2D eigenvalue weighted by molar-refractivity contribution is 0.276. The first kappa shape index (κ1) is 12.8. The monoisotopic (exact) mass is 271 g/mol. The van der Waals surface area contributed by atoms with Crippen LogP contribution in [0.2, 0.25) is 0 Å². The molecule has 0 saturated carbocycles. The molecule has 1 aliphatic heterocycles. The second-order valence-corrected chi connectivity index (χ2v) is 4.69. The standard InChI is InChI=1S/C14H17N5O/c20-11-12-9-17-14(10-16-12)19-7-5-18(6-8-19)13-3-1-2-4-15-13/h1-4,9-10,20H,5-8,11H2. The third-order valence-corrected chi connectivity index (χ3v) is 3.43. The van der Waals surface area contributed by atoms with Gasteiger partial charge in [0.15, 0.2) is 0 Å². The van der Waals surface area contributed by atoms with Gasteiger partial charge in [-0.25, -0.2) is 9.97 Å². The lowest BCUT2D eigenvalue weighted by atomic mass is 10.3. The Bertz CT molecular complexity index is 537. The van der Waals surface area contributed by atoms with Crippen molar-refractivity contribution in [2.24, 2.45) is 0 Å². The third-order valence-electron chi connectivity index (χ3n) is 3.43. The fourth-order valence-electron chi connectivity index (χ4n) is 2.30. The van der Waals surface area contributed by atoms with Crippen molar-refractivity contribution in [1.82, 2.24) is 15.0 Å². The zero-order chi connectivity index (χ0) is 13.8. The predicted octanol–water partition coefficient (Wildman–Crippen LogP) is 0.690. The van der Waals surface area contributed by atoms with Crippen LogP contribution in [0.5, 0.6) is 0 Å². The van der Waals surface area contributed by atoms with E-state index < -0.39 is 0 Å². The molecule has 1 aliphatic rings. The van der Waals surface area contributed by atoms with Crippen LogP contribution in [-0.2, 0) is 6.61 Å². The summed E-state index contributed by atoms with van der Waals surface area (Å²) in [6, 6.07) is 5.97. The van der Waals surface area contributed by atoms with Gasteiger partial charge in [0.1, 0.15) is 11.6 Å². The van der Waals surface area contributed by atoms with Crippen LogP contribution in [0.3, 0.4) is 0 Å². The summed E-state index contributed by atoms with van der Waals surface area (Å²) in [6.07, 6.45) is 5.17. The van der Waals surface area contributed by atoms with Crippen LogP contribution in [0.25, 0.3) is 0 Å². The van der Waals surface area contributed by atoms with E-state index in [1.807, 2.05) is 24.4 Å². The van der Waals surface area contributed by atoms with E-state index in [4.69, 9.17) is 5.11 Å². The van der Waals surface area contributed by atoms with Crippen molar-refractivity contribution in [3.63, 3.8) is 0 Å². The molecule has 0 amide bonds. The SMILES string of the molecule is OCc1cnc(N2CCN(c3ccccn3)CC2)cn1. The van der Waals surface area contributed by atoms with Gasteiger partial charge in [-0.3, -0.25) is 4.98 Å². The Labute approximate surface area is 117 Å². The maximum Gasteiger partial charge on any atom is 0.147 e. The number of aliphatic hydroxyl groups is 1. The number of aliphatic hydroxyl groups excluding tert-OH is 1. The first-order valence-corrected chi connectivity index (χ1v) is 6.69. The van der Waals surface area contributed by atoms with Gasteiger partial charge in [-0.2, -0.15) is 0 Å². The zero-order valence-corrected chi connectivity index (χ0v) is 11.2. The second kappa shape index (κ2) is 5.83. The van der Waals surface area contributed by atoms with Gasteiger partial charge in [-0.1, -0.05) is 6.07 Å². The molecule has 3 heterocycles. The van der Waals surface area contributed by atoms with Crippen molar-refractivity contribution >= 4 is 11.6 Å². The highest BCUT2D eigenvalue weighted by Crippen LogP contribution is 2.16. The minimum Gasteiger partial charge on any atom is -0.390 e. The van der Waals surface area contributed by atoms with Crippen molar-refractivity contribution in [2.45, 2.75) is 6.61 Å². The molecule has 1 saturated heterocycles. The average molecular weight is 271 g/mol. The number of aromatic nitrogens is 3. The van der Waals surface area contributed by atoms with Crippen LogP contribution in [-0.4, -0.2) is 46.2 Å².